The van der Waals surface area contributed by atoms with Gasteiger partial charge in [0.15, 0.2) is 0 Å². The lowest BCUT2D eigenvalue weighted by Crippen LogP contribution is -2.34. The van der Waals surface area contributed by atoms with Gasteiger partial charge in [-0.2, -0.15) is 0 Å². The molecular formula is C20H23N3O3. The molecule has 0 unspecified atom stereocenters. The summed E-state index contributed by atoms with van der Waals surface area (Å²) in [5.74, 6) is 0.361. The normalized spacial score (nSPS) is 16.4. The van der Waals surface area contributed by atoms with Crippen molar-refractivity contribution in [3.8, 4) is 5.75 Å². The van der Waals surface area contributed by atoms with E-state index in [0.717, 1.165) is 11.3 Å². The van der Waals surface area contributed by atoms with Crippen molar-refractivity contribution >= 4 is 11.8 Å². The summed E-state index contributed by atoms with van der Waals surface area (Å²) in [5.41, 5.74) is 2.49. The minimum absolute atomic E-state index is 0.0315. The average Bonchev–Trinajstić information content (AvgIpc) is 3.17. The summed E-state index contributed by atoms with van der Waals surface area (Å²) in [6.45, 7) is 3.39. The van der Waals surface area contributed by atoms with Gasteiger partial charge in [-0.15, -0.1) is 0 Å². The summed E-state index contributed by atoms with van der Waals surface area (Å²) in [7, 11) is 1.57. The molecule has 2 heterocycles. The quantitative estimate of drug-likeness (QED) is 0.894. The molecule has 136 valence electrons. The lowest BCUT2D eigenvalue weighted by Gasteiger charge is -2.17. The maximum atomic E-state index is 12.6. The number of nitrogens with zero attached hydrogens (tertiary/aromatic N) is 2. The molecule has 1 aromatic carbocycles. The molecule has 1 atom stereocenters. The molecule has 6 heteroatoms. The number of aromatic nitrogens is 1. The Hall–Kier alpha value is -2.89. The van der Waals surface area contributed by atoms with Gasteiger partial charge in [0.2, 0.25) is 5.91 Å². The Morgan fingerprint density at radius 1 is 1.31 bits per heavy atom. The third-order valence-corrected chi connectivity index (χ3v) is 4.71. The number of aryl methyl sites for hydroxylation is 1. The van der Waals surface area contributed by atoms with Gasteiger partial charge in [-0.25, -0.2) is 0 Å². The summed E-state index contributed by atoms with van der Waals surface area (Å²) >= 11 is 0. The summed E-state index contributed by atoms with van der Waals surface area (Å²) < 4.78 is 5.17. The van der Waals surface area contributed by atoms with Gasteiger partial charge in [0.25, 0.3) is 5.91 Å². The van der Waals surface area contributed by atoms with Gasteiger partial charge in [0, 0.05) is 24.8 Å². The smallest absolute Gasteiger partial charge is 0.254 e. The minimum atomic E-state index is -0.187. The van der Waals surface area contributed by atoms with Crippen LogP contribution in [0.4, 0.5) is 0 Å². The number of rotatable bonds is 5. The van der Waals surface area contributed by atoms with E-state index >= 15 is 0 Å². The average molecular weight is 353 g/mol. The summed E-state index contributed by atoms with van der Waals surface area (Å²) in [5, 5.41) is 2.94. The van der Waals surface area contributed by atoms with Crippen LogP contribution in [0, 0.1) is 12.8 Å². The highest BCUT2D eigenvalue weighted by Gasteiger charge is 2.31. The van der Waals surface area contributed by atoms with Gasteiger partial charge in [0.05, 0.1) is 25.3 Å². The molecule has 1 aliphatic heterocycles. The largest absolute Gasteiger partial charge is 0.497 e. The number of ether oxygens (including phenoxy) is 1. The first kappa shape index (κ1) is 17.9. The third-order valence-electron chi connectivity index (χ3n) is 4.71. The Labute approximate surface area is 153 Å². The van der Waals surface area contributed by atoms with Crippen LogP contribution in [0.1, 0.15) is 28.0 Å². The molecule has 1 aromatic heterocycles. The van der Waals surface area contributed by atoms with Crippen molar-refractivity contribution in [2.45, 2.75) is 19.9 Å². The zero-order valence-electron chi connectivity index (χ0n) is 15.1. The van der Waals surface area contributed by atoms with Gasteiger partial charge in [-0.3, -0.25) is 14.6 Å². The topological polar surface area (TPSA) is 71.5 Å². The third kappa shape index (κ3) is 4.02. The predicted molar refractivity (Wildman–Crippen MR) is 97.8 cm³/mol. The molecular weight excluding hydrogens is 330 g/mol. The first-order chi connectivity index (χ1) is 12.6. The molecule has 1 aliphatic rings. The van der Waals surface area contributed by atoms with E-state index in [2.05, 4.69) is 10.3 Å². The van der Waals surface area contributed by atoms with E-state index in [1.807, 2.05) is 19.1 Å². The van der Waals surface area contributed by atoms with E-state index < -0.39 is 0 Å². The van der Waals surface area contributed by atoms with Gasteiger partial charge in [-0.05, 0) is 43.2 Å². The molecule has 0 bridgehead atoms. The molecule has 0 saturated carbocycles. The van der Waals surface area contributed by atoms with Gasteiger partial charge in [0.1, 0.15) is 5.75 Å². The Morgan fingerprint density at radius 2 is 2.15 bits per heavy atom. The number of amides is 2. The Morgan fingerprint density at radius 3 is 2.92 bits per heavy atom. The highest BCUT2D eigenvalue weighted by atomic mass is 16.5. The molecule has 0 aliphatic carbocycles. The van der Waals surface area contributed by atoms with Crippen LogP contribution < -0.4 is 10.1 Å². The number of likely N-dealkylation sites (tertiary alicyclic amines) is 1. The second-order valence-corrected chi connectivity index (χ2v) is 6.45. The van der Waals surface area contributed by atoms with Crippen LogP contribution in [-0.4, -0.2) is 41.9 Å². The summed E-state index contributed by atoms with van der Waals surface area (Å²) in [6, 6.07) is 10.9. The van der Waals surface area contributed by atoms with E-state index in [1.165, 1.54) is 0 Å². The molecule has 6 nitrogen and oxygen atoms in total. The van der Waals surface area contributed by atoms with E-state index in [-0.39, 0.29) is 17.7 Å². The van der Waals surface area contributed by atoms with Gasteiger partial charge < -0.3 is 15.0 Å². The van der Waals surface area contributed by atoms with E-state index in [9.17, 15) is 9.59 Å². The number of nitrogens with one attached hydrogen (secondary N) is 1. The van der Waals surface area contributed by atoms with Crippen molar-refractivity contribution in [1.29, 1.82) is 0 Å². The van der Waals surface area contributed by atoms with Crippen molar-refractivity contribution in [3.63, 3.8) is 0 Å². The predicted octanol–water partition coefficient (Wildman–Crippen LogP) is 2.18. The number of benzene rings is 1. The fourth-order valence-corrected chi connectivity index (χ4v) is 3.12. The molecule has 1 N–H and O–H groups in total. The highest BCUT2D eigenvalue weighted by Crippen LogP contribution is 2.21. The van der Waals surface area contributed by atoms with Crippen molar-refractivity contribution in [3.05, 3.63) is 59.4 Å². The monoisotopic (exact) mass is 353 g/mol. The molecule has 1 saturated heterocycles. The Balaban J connectivity index is 1.56. The maximum absolute atomic E-state index is 12.6. The summed E-state index contributed by atoms with van der Waals surface area (Å²) in [6.07, 6.45) is 2.39. The molecule has 2 aromatic rings. The lowest BCUT2D eigenvalue weighted by atomic mass is 10.1. The number of carbonyl (C=O) groups excluding carboxylic acids is 2. The lowest BCUT2D eigenvalue weighted by molar-refractivity contribution is -0.124. The number of carbonyl (C=O) groups is 2. The molecule has 26 heavy (non-hydrogen) atoms. The molecule has 0 spiro atoms. The fourth-order valence-electron chi connectivity index (χ4n) is 3.12. The second kappa shape index (κ2) is 7.99. The molecule has 2 amide bonds. The highest BCUT2D eigenvalue weighted by molar-refractivity contribution is 5.95. The second-order valence-electron chi connectivity index (χ2n) is 6.45. The van der Waals surface area contributed by atoms with Crippen molar-refractivity contribution in [2.24, 2.45) is 5.92 Å². The van der Waals surface area contributed by atoms with Crippen molar-refractivity contribution in [2.75, 3.05) is 20.2 Å². The van der Waals surface area contributed by atoms with E-state index in [0.29, 0.717) is 37.4 Å². The standard InChI is InChI=1S/C20H23N3O3/c1-14-5-4-9-21-18(14)12-22-19(24)16-8-10-23(13-16)20(25)15-6-3-7-17(11-15)26-2/h3-7,9,11,16H,8,10,12-13H2,1-2H3,(H,22,24)/t16-/m1/s1. The zero-order valence-corrected chi connectivity index (χ0v) is 15.1. The van der Waals surface area contributed by atoms with Crippen LogP contribution >= 0.6 is 0 Å². The SMILES string of the molecule is COc1cccc(C(=O)N2CC[C@@H](C(=O)NCc3ncccc3C)C2)c1. The van der Waals surface area contributed by atoms with Crippen molar-refractivity contribution in [1.82, 2.24) is 15.2 Å². The number of pyridine rings is 1. The Kier molecular flexibility index (Phi) is 5.51. The molecule has 1 fully saturated rings. The molecule has 3 rings (SSSR count). The van der Waals surface area contributed by atoms with Crippen LogP contribution in [0.5, 0.6) is 5.75 Å². The minimum Gasteiger partial charge on any atom is -0.497 e. The van der Waals surface area contributed by atoms with Crippen LogP contribution in [0.15, 0.2) is 42.6 Å². The fraction of sp³-hybridized carbons (Fsp3) is 0.350. The first-order valence-electron chi connectivity index (χ1n) is 8.70. The number of hydrogen-bond acceptors (Lipinski definition) is 4. The molecule has 0 radical (unpaired) electrons. The maximum Gasteiger partial charge on any atom is 0.254 e. The van der Waals surface area contributed by atoms with E-state index in [1.54, 1.807) is 42.5 Å². The summed E-state index contributed by atoms with van der Waals surface area (Å²) in [4.78, 5) is 31.1. The van der Waals surface area contributed by atoms with Gasteiger partial charge >= 0.3 is 0 Å². The van der Waals surface area contributed by atoms with E-state index in [4.69, 9.17) is 4.74 Å². The van der Waals surface area contributed by atoms with Crippen molar-refractivity contribution < 1.29 is 14.3 Å². The number of methoxy groups -OCH3 is 1. The number of hydrogen-bond donors (Lipinski definition) is 1. The Bertz CT molecular complexity index is 806. The van der Waals surface area contributed by atoms with Crippen LogP contribution in [0.2, 0.25) is 0 Å². The van der Waals surface area contributed by atoms with Crippen LogP contribution in [-0.2, 0) is 11.3 Å². The first-order valence-corrected chi connectivity index (χ1v) is 8.70. The zero-order chi connectivity index (χ0) is 18.5. The van der Waals surface area contributed by atoms with Crippen LogP contribution in [0.25, 0.3) is 0 Å². The van der Waals surface area contributed by atoms with Crippen LogP contribution in [0.3, 0.4) is 0 Å². The van der Waals surface area contributed by atoms with Gasteiger partial charge in [-0.1, -0.05) is 12.1 Å².